The molecular formula is C22H28N6O3. The van der Waals surface area contributed by atoms with Gasteiger partial charge in [0.2, 0.25) is 5.91 Å². The Labute approximate surface area is 180 Å². The number of carbonyl (C=O) groups is 2. The van der Waals surface area contributed by atoms with E-state index in [1.54, 1.807) is 33.2 Å². The third-order valence-corrected chi connectivity index (χ3v) is 5.81. The summed E-state index contributed by atoms with van der Waals surface area (Å²) in [4.78, 5) is 38.2. The molecule has 164 valence electrons. The van der Waals surface area contributed by atoms with Crippen molar-refractivity contribution in [1.82, 2.24) is 24.5 Å². The Morgan fingerprint density at radius 2 is 2.00 bits per heavy atom. The molecule has 1 aliphatic rings. The van der Waals surface area contributed by atoms with Gasteiger partial charge >= 0.3 is 5.97 Å². The molecule has 4 rings (SSSR count). The van der Waals surface area contributed by atoms with Crippen molar-refractivity contribution in [3.8, 4) is 11.3 Å². The first-order chi connectivity index (χ1) is 14.7. The van der Waals surface area contributed by atoms with Crippen LogP contribution in [0.2, 0.25) is 0 Å². The van der Waals surface area contributed by atoms with Crippen LogP contribution in [0, 0.1) is 11.3 Å². The second kappa shape index (κ2) is 8.13. The topological polar surface area (TPSA) is 118 Å². The van der Waals surface area contributed by atoms with E-state index in [9.17, 15) is 9.59 Å². The van der Waals surface area contributed by atoms with Gasteiger partial charge in [0.15, 0.2) is 5.65 Å². The molecule has 9 heteroatoms. The normalized spacial score (nSPS) is 16.0. The lowest BCUT2D eigenvalue weighted by molar-refractivity contribution is -0.152. The average Bonchev–Trinajstić information content (AvgIpc) is 3.46. The van der Waals surface area contributed by atoms with E-state index in [-0.39, 0.29) is 24.3 Å². The zero-order valence-corrected chi connectivity index (χ0v) is 18.1. The fourth-order valence-electron chi connectivity index (χ4n) is 4.12. The molecule has 1 atom stereocenters. The molecule has 31 heavy (non-hydrogen) atoms. The Morgan fingerprint density at radius 1 is 1.26 bits per heavy atom. The largest absolute Gasteiger partial charge is 0.370 e. The number of nitrogens with two attached hydrogens (primary N) is 1. The average molecular weight is 425 g/mol. The molecule has 0 radical (unpaired) electrons. The van der Waals surface area contributed by atoms with Crippen LogP contribution in [0.1, 0.15) is 58.9 Å². The van der Waals surface area contributed by atoms with Crippen molar-refractivity contribution >= 4 is 22.9 Å². The van der Waals surface area contributed by atoms with Gasteiger partial charge in [0.25, 0.3) is 0 Å². The van der Waals surface area contributed by atoms with Crippen LogP contribution < -0.4 is 10.6 Å². The highest BCUT2D eigenvalue weighted by atomic mass is 16.7. The Balaban J connectivity index is 1.66. The summed E-state index contributed by atoms with van der Waals surface area (Å²) in [6.45, 7) is 5.38. The van der Waals surface area contributed by atoms with Gasteiger partial charge in [-0.25, -0.2) is 14.8 Å². The minimum atomic E-state index is -0.636. The van der Waals surface area contributed by atoms with Gasteiger partial charge in [-0.05, 0) is 45.6 Å². The number of primary amides is 1. The second-order valence-electron chi connectivity index (χ2n) is 9.22. The van der Waals surface area contributed by atoms with Gasteiger partial charge in [-0.15, -0.1) is 0 Å². The van der Waals surface area contributed by atoms with Gasteiger partial charge in [0.1, 0.15) is 6.33 Å². The predicted molar refractivity (Wildman–Crippen MR) is 115 cm³/mol. The summed E-state index contributed by atoms with van der Waals surface area (Å²) in [5.74, 6) is -0.288. The molecule has 9 nitrogen and oxygen atoms in total. The molecule has 2 N–H and O–H groups in total. The monoisotopic (exact) mass is 424 g/mol. The van der Waals surface area contributed by atoms with Crippen molar-refractivity contribution in [3.63, 3.8) is 0 Å². The first-order valence-electron chi connectivity index (χ1n) is 10.6. The summed E-state index contributed by atoms with van der Waals surface area (Å²) < 4.78 is 3.22. The molecule has 1 amide bonds. The van der Waals surface area contributed by atoms with Gasteiger partial charge < -0.3 is 10.6 Å². The number of rotatable bonds is 6. The summed E-state index contributed by atoms with van der Waals surface area (Å²) in [7, 11) is 0. The minimum absolute atomic E-state index is 0.0524. The third-order valence-electron chi connectivity index (χ3n) is 5.81. The van der Waals surface area contributed by atoms with Crippen molar-refractivity contribution in [1.29, 1.82) is 0 Å². The van der Waals surface area contributed by atoms with Crippen molar-refractivity contribution in [2.45, 2.75) is 58.9 Å². The molecule has 1 unspecified atom stereocenters. The molecule has 1 saturated carbocycles. The lowest BCUT2D eigenvalue weighted by atomic mass is 9.95. The number of hydrogen-bond donors (Lipinski definition) is 1. The molecule has 1 fully saturated rings. The molecule has 3 aromatic heterocycles. The van der Waals surface area contributed by atoms with Gasteiger partial charge in [0.05, 0.1) is 23.3 Å². The van der Waals surface area contributed by atoms with Crippen molar-refractivity contribution in [2.24, 2.45) is 17.1 Å². The third kappa shape index (κ3) is 4.30. The second-order valence-corrected chi connectivity index (χ2v) is 9.22. The summed E-state index contributed by atoms with van der Waals surface area (Å²) in [6.07, 6.45) is 11.5. The number of aromatic nitrogens is 5. The number of nitrogens with zero attached hydrogens (tertiary/aromatic N) is 5. The number of amides is 1. The molecule has 1 aliphatic carbocycles. The van der Waals surface area contributed by atoms with E-state index in [1.165, 1.54) is 23.9 Å². The van der Waals surface area contributed by atoms with Gasteiger partial charge in [0, 0.05) is 29.8 Å². The van der Waals surface area contributed by atoms with Crippen LogP contribution in [0.25, 0.3) is 22.3 Å². The summed E-state index contributed by atoms with van der Waals surface area (Å²) in [5.41, 5.74) is 6.87. The highest BCUT2D eigenvalue weighted by molar-refractivity contribution is 5.90. The predicted octanol–water partition coefficient (Wildman–Crippen LogP) is 2.90. The van der Waals surface area contributed by atoms with E-state index in [2.05, 4.69) is 15.1 Å². The Kier molecular flexibility index (Phi) is 5.51. The van der Waals surface area contributed by atoms with Crippen LogP contribution in [-0.2, 0) is 9.59 Å². The lowest BCUT2D eigenvalue weighted by Crippen LogP contribution is -2.31. The Bertz CT molecular complexity index is 1100. The van der Waals surface area contributed by atoms with E-state index in [0.717, 1.165) is 23.8 Å². The quantitative estimate of drug-likeness (QED) is 0.650. The maximum atomic E-state index is 12.3. The van der Waals surface area contributed by atoms with Crippen LogP contribution in [0.15, 0.2) is 31.0 Å². The molecule has 0 saturated heterocycles. The van der Waals surface area contributed by atoms with Crippen LogP contribution >= 0.6 is 0 Å². The van der Waals surface area contributed by atoms with Gasteiger partial charge in [-0.3, -0.25) is 9.48 Å². The summed E-state index contributed by atoms with van der Waals surface area (Å²) in [5, 5.41) is 5.29. The Morgan fingerprint density at radius 3 is 2.68 bits per heavy atom. The smallest absolute Gasteiger partial charge is 0.338 e. The maximum Gasteiger partial charge on any atom is 0.338 e. The molecular weight excluding hydrogens is 396 g/mol. The Hall–Kier alpha value is -3.23. The van der Waals surface area contributed by atoms with Crippen LogP contribution in [0.4, 0.5) is 0 Å². The first kappa shape index (κ1) is 21.0. The summed E-state index contributed by atoms with van der Waals surface area (Å²) in [6, 6.07) is 1.76. The van der Waals surface area contributed by atoms with E-state index < -0.39 is 5.41 Å². The molecule has 3 aromatic rings. The highest BCUT2D eigenvalue weighted by Gasteiger charge is 2.29. The molecule has 3 heterocycles. The van der Waals surface area contributed by atoms with Crippen molar-refractivity contribution in [2.75, 3.05) is 0 Å². The standard InChI is InChI=1S/C22H28N6O3/c1-22(2,3)21(30)31-28-9-8-16-19(24-13-25-20(16)28)15-11-26-27(12-15)17(10-18(23)29)14-6-4-5-7-14/h8-9,11-14,17H,4-7,10H2,1-3H3,(H2,23,29). The fraction of sp³-hybridized carbons (Fsp3) is 0.500. The highest BCUT2D eigenvalue weighted by Crippen LogP contribution is 2.37. The van der Waals surface area contributed by atoms with Gasteiger partial charge in [-0.2, -0.15) is 9.83 Å². The molecule has 0 aliphatic heterocycles. The zero-order chi connectivity index (χ0) is 22.2. The van der Waals surface area contributed by atoms with E-state index in [0.29, 0.717) is 17.3 Å². The number of fused-ring (bicyclic) bond motifs is 1. The maximum absolute atomic E-state index is 12.3. The van der Waals surface area contributed by atoms with Crippen LogP contribution in [0.5, 0.6) is 0 Å². The molecule has 0 spiro atoms. The van der Waals surface area contributed by atoms with E-state index in [4.69, 9.17) is 10.6 Å². The minimum Gasteiger partial charge on any atom is -0.370 e. The van der Waals surface area contributed by atoms with Gasteiger partial charge in [-0.1, -0.05) is 12.8 Å². The van der Waals surface area contributed by atoms with E-state index in [1.807, 2.05) is 16.9 Å². The first-order valence-corrected chi connectivity index (χ1v) is 10.6. The molecule has 0 aromatic carbocycles. The lowest BCUT2D eigenvalue weighted by Gasteiger charge is -2.22. The number of carbonyl (C=O) groups excluding carboxylic acids is 2. The zero-order valence-electron chi connectivity index (χ0n) is 18.1. The van der Waals surface area contributed by atoms with Crippen LogP contribution in [-0.4, -0.2) is 36.4 Å². The number of hydrogen-bond acceptors (Lipinski definition) is 6. The van der Waals surface area contributed by atoms with Crippen molar-refractivity contribution in [3.05, 3.63) is 31.0 Å². The fourth-order valence-corrected chi connectivity index (χ4v) is 4.12. The van der Waals surface area contributed by atoms with Crippen molar-refractivity contribution < 1.29 is 14.4 Å². The molecule has 0 bridgehead atoms. The van der Waals surface area contributed by atoms with Crippen LogP contribution in [0.3, 0.4) is 0 Å². The van der Waals surface area contributed by atoms with E-state index >= 15 is 0 Å². The summed E-state index contributed by atoms with van der Waals surface area (Å²) >= 11 is 0. The SMILES string of the molecule is CC(C)(C)C(=O)On1ccc2c(-c3cnn(C(CC(N)=O)C4CCCC4)c3)ncnc21.